The first kappa shape index (κ1) is 18.1. The van der Waals surface area contributed by atoms with Gasteiger partial charge >= 0.3 is 0 Å². The van der Waals surface area contributed by atoms with E-state index < -0.39 is 0 Å². The van der Waals surface area contributed by atoms with Crippen LogP contribution in [-0.4, -0.2) is 34.4 Å². The van der Waals surface area contributed by atoms with E-state index in [1.54, 1.807) is 10.9 Å². The van der Waals surface area contributed by atoms with E-state index in [1.165, 1.54) is 11.5 Å². The summed E-state index contributed by atoms with van der Waals surface area (Å²) in [6.45, 7) is 1.95. The predicted octanol–water partition coefficient (Wildman–Crippen LogP) is 2.45. The van der Waals surface area contributed by atoms with Gasteiger partial charge in [0.2, 0.25) is 5.91 Å². The molecule has 3 N–H and O–H groups in total. The molecule has 144 valence electrons. The normalized spacial score (nSPS) is 11.2. The number of aryl methyl sites for hydroxylation is 3. The lowest BCUT2D eigenvalue weighted by molar-refractivity contribution is -0.118. The Labute approximate surface area is 165 Å². The first-order valence-electron chi connectivity index (χ1n) is 8.84. The molecule has 0 saturated heterocycles. The molecule has 0 saturated carbocycles. The summed E-state index contributed by atoms with van der Waals surface area (Å²) in [6.07, 6.45) is 9.12. The van der Waals surface area contributed by atoms with Crippen LogP contribution < -0.4 is 11.1 Å². The molecule has 4 aromatic heterocycles. The quantitative estimate of drug-likeness (QED) is 0.496. The van der Waals surface area contributed by atoms with Gasteiger partial charge in [0.25, 0.3) is 0 Å². The number of imidazole rings is 1. The molecule has 4 heterocycles. The number of rotatable bonds is 7. The zero-order chi connectivity index (χ0) is 19.7. The fourth-order valence-corrected chi connectivity index (χ4v) is 3.65. The molecule has 0 aliphatic carbocycles. The molecule has 1 amide bonds. The van der Waals surface area contributed by atoms with Gasteiger partial charge in [-0.15, -0.1) is 0 Å². The summed E-state index contributed by atoms with van der Waals surface area (Å²) in [5, 5.41) is 8.47. The average Bonchev–Trinajstić information content (AvgIpc) is 3.35. The number of anilines is 2. The molecule has 4 rings (SSSR count). The molecular formula is C18H20N8OS. The molecule has 0 unspecified atom stereocenters. The van der Waals surface area contributed by atoms with E-state index >= 15 is 0 Å². The van der Waals surface area contributed by atoms with Crippen molar-refractivity contribution >= 4 is 33.9 Å². The number of aromatic nitrogens is 6. The lowest BCUT2D eigenvalue weighted by atomic mass is 10.2. The Kier molecular flexibility index (Phi) is 4.78. The van der Waals surface area contributed by atoms with E-state index in [1.807, 2.05) is 43.0 Å². The maximum absolute atomic E-state index is 11.1. The maximum atomic E-state index is 11.1. The third-order valence-corrected chi connectivity index (χ3v) is 5.06. The van der Waals surface area contributed by atoms with Gasteiger partial charge in [-0.1, -0.05) is 0 Å². The summed E-state index contributed by atoms with van der Waals surface area (Å²) in [6, 6.07) is 1.97. The second-order valence-electron chi connectivity index (χ2n) is 6.60. The Balaban J connectivity index is 1.76. The number of primary amides is 1. The van der Waals surface area contributed by atoms with Crippen molar-refractivity contribution in [2.45, 2.75) is 26.2 Å². The van der Waals surface area contributed by atoms with E-state index in [9.17, 15) is 4.79 Å². The number of amides is 1. The maximum Gasteiger partial charge on any atom is 0.217 e. The molecule has 0 fully saturated rings. The molecule has 0 aromatic carbocycles. The smallest absolute Gasteiger partial charge is 0.217 e. The molecule has 0 aliphatic heterocycles. The van der Waals surface area contributed by atoms with Gasteiger partial charge in [0.05, 0.1) is 29.5 Å². The van der Waals surface area contributed by atoms with Gasteiger partial charge in [-0.25, -0.2) is 9.97 Å². The molecule has 0 bridgehead atoms. The highest BCUT2D eigenvalue weighted by atomic mass is 32.1. The van der Waals surface area contributed by atoms with E-state index in [0.29, 0.717) is 30.7 Å². The van der Waals surface area contributed by atoms with Crippen molar-refractivity contribution in [3.63, 3.8) is 0 Å². The number of fused-ring (bicyclic) bond motifs is 1. The van der Waals surface area contributed by atoms with Crippen molar-refractivity contribution < 1.29 is 4.79 Å². The molecule has 0 atom stereocenters. The number of carbonyl (C=O) groups excluding carboxylic acids is 1. The largest absolute Gasteiger partial charge is 0.370 e. The first-order chi connectivity index (χ1) is 13.5. The number of carbonyl (C=O) groups is 1. The van der Waals surface area contributed by atoms with E-state index in [-0.39, 0.29) is 5.91 Å². The van der Waals surface area contributed by atoms with Gasteiger partial charge in [-0.2, -0.15) is 9.47 Å². The average molecular weight is 396 g/mol. The van der Waals surface area contributed by atoms with Crippen LogP contribution in [0.5, 0.6) is 0 Å². The van der Waals surface area contributed by atoms with Crippen LogP contribution in [0.25, 0.3) is 16.9 Å². The molecule has 4 aromatic rings. The Morgan fingerprint density at radius 2 is 2.18 bits per heavy atom. The highest BCUT2D eigenvalue weighted by Crippen LogP contribution is 2.27. The van der Waals surface area contributed by atoms with E-state index in [4.69, 9.17) is 10.7 Å². The minimum atomic E-state index is -0.307. The third-order valence-electron chi connectivity index (χ3n) is 4.27. The first-order valence-corrected chi connectivity index (χ1v) is 9.61. The van der Waals surface area contributed by atoms with Crippen LogP contribution >= 0.6 is 11.5 Å². The summed E-state index contributed by atoms with van der Waals surface area (Å²) in [5.74, 6) is 0.341. The van der Waals surface area contributed by atoms with Crippen molar-refractivity contribution in [3.8, 4) is 11.3 Å². The third kappa shape index (κ3) is 3.72. The number of hydrogen-bond donors (Lipinski definition) is 2. The van der Waals surface area contributed by atoms with Crippen LogP contribution in [0.4, 0.5) is 10.8 Å². The van der Waals surface area contributed by atoms with Crippen LogP contribution in [0.2, 0.25) is 0 Å². The monoisotopic (exact) mass is 396 g/mol. The SMILES string of the molecule is Cc1cc(Nc2nc(CCCC(N)=O)cn3c(-c4cnn(C)c4)cnc23)sn1. The number of nitrogens with two attached hydrogens (primary N) is 1. The molecule has 0 radical (unpaired) electrons. The highest BCUT2D eigenvalue weighted by Gasteiger charge is 2.15. The van der Waals surface area contributed by atoms with Gasteiger partial charge in [-0.3, -0.25) is 13.9 Å². The zero-order valence-corrected chi connectivity index (χ0v) is 16.4. The lowest BCUT2D eigenvalue weighted by Gasteiger charge is -2.09. The van der Waals surface area contributed by atoms with E-state index in [0.717, 1.165) is 27.6 Å². The van der Waals surface area contributed by atoms with Gasteiger partial charge in [0.15, 0.2) is 11.5 Å². The molecule has 0 spiro atoms. The second kappa shape index (κ2) is 7.39. The highest BCUT2D eigenvalue weighted by molar-refractivity contribution is 7.10. The summed E-state index contributed by atoms with van der Waals surface area (Å²) in [7, 11) is 1.88. The summed E-state index contributed by atoms with van der Waals surface area (Å²) < 4.78 is 8.05. The molecule has 9 nitrogen and oxygen atoms in total. The minimum absolute atomic E-state index is 0.307. The molecule has 0 aliphatic rings. The zero-order valence-electron chi connectivity index (χ0n) is 15.6. The predicted molar refractivity (Wildman–Crippen MR) is 107 cm³/mol. The molecule has 28 heavy (non-hydrogen) atoms. The molecule has 10 heteroatoms. The van der Waals surface area contributed by atoms with Gasteiger partial charge in [0, 0.05) is 31.4 Å². The van der Waals surface area contributed by atoms with Crippen LogP contribution in [0.15, 0.2) is 30.9 Å². The van der Waals surface area contributed by atoms with Crippen LogP contribution in [0, 0.1) is 6.92 Å². The summed E-state index contributed by atoms with van der Waals surface area (Å²) in [5.41, 5.74) is 9.65. The standard InChI is InChI=1S/C18H20N8OS/c1-11-6-16(28-24-11)23-17-18-20-8-14(12-7-21-25(2)9-12)26(18)10-13(22-17)4-3-5-15(19)27/h6-10H,3-5H2,1-2H3,(H2,19,27)(H,22,23). The van der Waals surface area contributed by atoms with Crippen molar-refractivity contribution in [1.82, 2.24) is 28.5 Å². The fourth-order valence-electron chi connectivity index (χ4n) is 2.99. The van der Waals surface area contributed by atoms with Crippen molar-refractivity contribution in [2.75, 3.05) is 5.32 Å². The van der Waals surface area contributed by atoms with Crippen molar-refractivity contribution in [3.05, 3.63) is 42.2 Å². The second-order valence-corrected chi connectivity index (χ2v) is 7.40. The Hall–Kier alpha value is -3.27. The van der Waals surface area contributed by atoms with Crippen molar-refractivity contribution in [2.24, 2.45) is 12.8 Å². The van der Waals surface area contributed by atoms with Crippen LogP contribution in [-0.2, 0) is 18.3 Å². The Bertz CT molecular complexity index is 1140. The van der Waals surface area contributed by atoms with E-state index in [2.05, 4.69) is 19.8 Å². The molecular weight excluding hydrogens is 376 g/mol. The van der Waals surface area contributed by atoms with Gasteiger partial charge in [-0.05, 0) is 37.4 Å². The minimum Gasteiger partial charge on any atom is -0.370 e. The topological polar surface area (TPSA) is 116 Å². The number of hydrogen-bond acceptors (Lipinski definition) is 7. The Morgan fingerprint density at radius 1 is 1.32 bits per heavy atom. The summed E-state index contributed by atoms with van der Waals surface area (Å²) in [4.78, 5) is 20.4. The lowest BCUT2D eigenvalue weighted by Crippen LogP contribution is -2.10. The number of nitrogens with one attached hydrogen (secondary N) is 1. The fraction of sp³-hybridized carbons (Fsp3) is 0.278. The van der Waals surface area contributed by atoms with Crippen LogP contribution in [0.3, 0.4) is 0 Å². The van der Waals surface area contributed by atoms with Gasteiger partial charge < -0.3 is 11.1 Å². The summed E-state index contributed by atoms with van der Waals surface area (Å²) >= 11 is 1.37. The Morgan fingerprint density at radius 3 is 2.86 bits per heavy atom. The van der Waals surface area contributed by atoms with Crippen molar-refractivity contribution in [1.29, 1.82) is 0 Å². The number of nitrogens with zero attached hydrogens (tertiary/aromatic N) is 6. The van der Waals surface area contributed by atoms with Crippen LogP contribution in [0.1, 0.15) is 24.2 Å². The van der Waals surface area contributed by atoms with Gasteiger partial charge in [0.1, 0.15) is 5.00 Å².